The van der Waals surface area contributed by atoms with Gasteiger partial charge in [0.15, 0.2) is 0 Å². The van der Waals surface area contributed by atoms with Crippen molar-refractivity contribution in [1.29, 1.82) is 0 Å². The molecule has 0 aliphatic rings. The summed E-state index contributed by atoms with van der Waals surface area (Å²) < 4.78 is 31.7. The molecular weight excluding hydrogens is 330 g/mol. The molecule has 3 nitrogen and oxygen atoms in total. The topological polar surface area (TPSA) is 63.3 Å². The van der Waals surface area contributed by atoms with Gasteiger partial charge in [-0.2, -0.15) is 13.2 Å². The van der Waals surface area contributed by atoms with E-state index in [1.807, 2.05) is 24.3 Å². The zero-order chi connectivity index (χ0) is 16.6. The molecule has 0 radical (unpaired) electrons. The summed E-state index contributed by atoms with van der Waals surface area (Å²) in [4.78, 5) is 8.90. The Balaban J connectivity index is 0.000000486. The van der Waals surface area contributed by atoms with Crippen molar-refractivity contribution in [1.82, 2.24) is 0 Å². The molecule has 0 amide bonds. The van der Waals surface area contributed by atoms with E-state index in [0.29, 0.717) is 6.54 Å². The SMILES string of the molecule is CC(/C(=C/Cl)CN)c1ccc(Cl)cc1.O=C(O)C(F)(F)F. The molecule has 8 heteroatoms. The summed E-state index contributed by atoms with van der Waals surface area (Å²) in [5.74, 6) is -2.51. The first-order valence-corrected chi connectivity index (χ1v) is 6.49. The Bertz CT molecular complexity index is 487. The molecule has 0 heterocycles. The summed E-state index contributed by atoms with van der Waals surface area (Å²) >= 11 is 11.5. The number of carbonyl (C=O) groups is 1. The number of halogens is 5. The van der Waals surface area contributed by atoms with Gasteiger partial charge in [0, 0.05) is 23.0 Å². The van der Waals surface area contributed by atoms with Crippen LogP contribution < -0.4 is 5.73 Å². The molecule has 0 saturated carbocycles. The van der Waals surface area contributed by atoms with Crippen LogP contribution in [-0.2, 0) is 4.79 Å². The molecular formula is C13H14Cl2F3NO2. The van der Waals surface area contributed by atoms with E-state index >= 15 is 0 Å². The van der Waals surface area contributed by atoms with Crippen molar-refractivity contribution < 1.29 is 23.1 Å². The van der Waals surface area contributed by atoms with E-state index in [4.69, 9.17) is 38.8 Å². The Labute approximate surface area is 130 Å². The fraction of sp³-hybridized carbons (Fsp3) is 0.308. The Morgan fingerprint density at radius 3 is 2.10 bits per heavy atom. The first-order chi connectivity index (χ1) is 9.63. The van der Waals surface area contributed by atoms with Gasteiger partial charge >= 0.3 is 12.1 Å². The van der Waals surface area contributed by atoms with E-state index in [9.17, 15) is 13.2 Å². The quantitative estimate of drug-likeness (QED) is 0.866. The average molecular weight is 344 g/mol. The molecule has 1 aromatic rings. The summed E-state index contributed by atoms with van der Waals surface area (Å²) in [5, 5.41) is 7.87. The minimum Gasteiger partial charge on any atom is -0.475 e. The number of carboxylic acids is 1. The fourth-order valence-electron chi connectivity index (χ4n) is 1.28. The molecule has 0 fully saturated rings. The highest BCUT2D eigenvalue weighted by Crippen LogP contribution is 2.24. The summed E-state index contributed by atoms with van der Waals surface area (Å²) in [6.45, 7) is 2.55. The summed E-state index contributed by atoms with van der Waals surface area (Å²) in [6, 6.07) is 7.72. The van der Waals surface area contributed by atoms with Gasteiger partial charge in [-0.25, -0.2) is 4.79 Å². The molecule has 1 unspecified atom stereocenters. The number of hydrogen-bond acceptors (Lipinski definition) is 2. The van der Waals surface area contributed by atoms with Crippen LogP contribution in [0.25, 0.3) is 0 Å². The van der Waals surface area contributed by atoms with Crippen LogP contribution in [0.15, 0.2) is 35.4 Å². The van der Waals surface area contributed by atoms with Crippen LogP contribution in [0, 0.1) is 0 Å². The van der Waals surface area contributed by atoms with Crippen LogP contribution in [0.1, 0.15) is 18.4 Å². The van der Waals surface area contributed by atoms with E-state index in [1.165, 1.54) is 5.56 Å². The Kier molecular flexibility index (Phi) is 8.39. The van der Waals surface area contributed by atoms with Crippen molar-refractivity contribution in [3.8, 4) is 0 Å². The lowest BCUT2D eigenvalue weighted by Gasteiger charge is -2.13. The van der Waals surface area contributed by atoms with E-state index in [-0.39, 0.29) is 5.92 Å². The summed E-state index contributed by atoms with van der Waals surface area (Å²) in [5.41, 5.74) is 9.32. The average Bonchev–Trinajstić information content (AvgIpc) is 2.40. The van der Waals surface area contributed by atoms with E-state index < -0.39 is 12.1 Å². The van der Waals surface area contributed by atoms with Gasteiger partial charge in [-0.05, 0) is 23.3 Å². The maximum Gasteiger partial charge on any atom is 0.490 e. The summed E-state index contributed by atoms with van der Waals surface area (Å²) in [6.07, 6.45) is -5.08. The molecule has 1 aromatic carbocycles. The zero-order valence-corrected chi connectivity index (χ0v) is 12.5. The predicted molar refractivity (Wildman–Crippen MR) is 76.5 cm³/mol. The molecule has 0 spiro atoms. The van der Waals surface area contributed by atoms with Gasteiger partial charge in [0.1, 0.15) is 0 Å². The van der Waals surface area contributed by atoms with Crippen LogP contribution in [-0.4, -0.2) is 23.8 Å². The predicted octanol–water partition coefficient (Wildman–Crippen LogP) is 4.16. The summed E-state index contributed by atoms with van der Waals surface area (Å²) in [7, 11) is 0. The second-order valence-corrected chi connectivity index (χ2v) is 4.62. The first-order valence-electron chi connectivity index (χ1n) is 5.68. The van der Waals surface area contributed by atoms with Gasteiger partial charge < -0.3 is 10.8 Å². The molecule has 3 N–H and O–H groups in total. The largest absolute Gasteiger partial charge is 0.490 e. The van der Waals surface area contributed by atoms with Crippen molar-refractivity contribution in [2.45, 2.75) is 19.0 Å². The number of benzene rings is 1. The van der Waals surface area contributed by atoms with Crippen LogP contribution >= 0.6 is 23.2 Å². The molecule has 0 aromatic heterocycles. The number of hydrogen-bond donors (Lipinski definition) is 2. The van der Waals surface area contributed by atoms with E-state index in [0.717, 1.165) is 10.6 Å². The fourth-order valence-corrected chi connectivity index (χ4v) is 1.69. The van der Waals surface area contributed by atoms with E-state index in [2.05, 4.69) is 6.92 Å². The van der Waals surface area contributed by atoms with Gasteiger partial charge in [-0.15, -0.1) is 0 Å². The highest BCUT2D eigenvalue weighted by atomic mass is 35.5. The minimum absolute atomic E-state index is 0.245. The second kappa shape index (κ2) is 8.92. The van der Waals surface area contributed by atoms with Crippen molar-refractivity contribution in [3.05, 3.63) is 46.0 Å². The lowest BCUT2D eigenvalue weighted by Crippen LogP contribution is -2.21. The molecule has 1 atom stereocenters. The number of carboxylic acid groups (broad SMARTS) is 1. The number of aliphatic carboxylic acids is 1. The molecule has 1 rings (SSSR count). The third kappa shape index (κ3) is 7.36. The number of alkyl halides is 3. The third-order valence-electron chi connectivity index (χ3n) is 2.54. The maximum atomic E-state index is 10.6. The van der Waals surface area contributed by atoms with Crippen molar-refractivity contribution >= 4 is 29.2 Å². The minimum atomic E-state index is -5.08. The number of rotatable bonds is 3. The lowest BCUT2D eigenvalue weighted by atomic mass is 9.94. The molecule has 0 aliphatic carbocycles. The normalized spacial score (nSPS) is 13.2. The van der Waals surface area contributed by atoms with Crippen molar-refractivity contribution in [2.75, 3.05) is 6.54 Å². The van der Waals surface area contributed by atoms with Gasteiger partial charge in [-0.1, -0.05) is 42.3 Å². The maximum absolute atomic E-state index is 10.6. The monoisotopic (exact) mass is 343 g/mol. The second-order valence-electron chi connectivity index (χ2n) is 3.96. The standard InChI is InChI=1S/C11H13Cl2N.C2HF3O2/c1-8(10(6-12)7-14)9-2-4-11(13)5-3-9;3-2(4,5)1(6)7/h2-6,8H,7,14H2,1H3;(H,6,7)/b10-6+;. The van der Waals surface area contributed by atoms with Crippen LogP contribution in [0.2, 0.25) is 5.02 Å². The van der Waals surface area contributed by atoms with Crippen LogP contribution in [0.5, 0.6) is 0 Å². The van der Waals surface area contributed by atoms with Gasteiger partial charge in [0.2, 0.25) is 0 Å². The van der Waals surface area contributed by atoms with Crippen molar-refractivity contribution in [3.63, 3.8) is 0 Å². The Hall–Kier alpha value is -1.24. The molecule has 0 aliphatic heterocycles. The molecule has 0 saturated heterocycles. The molecule has 118 valence electrons. The number of nitrogens with two attached hydrogens (primary N) is 1. The first kappa shape index (κ1) is 19.8. The Morgan fingerprint density at radius 2 is 1.81 bits per heavy atom. The van der Waals surface area contributed by atoms with E-state index in [1.54, 1.807) is 5.54 Å². The van der Waals surface area contributed by atoms with Crippen LogP contribution in [0.4, 0.5) is 13.2 Å². The molecule has 0 bridgehead atoms. The Morgan fingerprint density at radius 1 is 1.38 bits per heavy atom. The highest BCUT2D eigenvalue weighted by Gasteiger charge is 2.38. The smallest absolute Gasteiger partial charge is 0.475 e. The van der Waals surface area contributed by atoms with Gasteiger partial charge in [0.05, 0.1) is 0 Å². The van der Waals surface area contributed by atoms with Gasteiger partial charge in [0.25, 0.3) is 0 Å². The zero-order valence-electron chi connectivity index (χ0n) is 11.0. The van der Waals surface area contributed by atoms with Crippen molar-refractivity contribution in [2.24, 2.45) is 5.73 Å². The third-order valence-corrected chi connectivity index (χ3v) is 3.08. The lowest BCUT2D eigenvalue weighted by molar-refractivity contribution is -0.192. The molecule has 21 heavy (non-hydrogen) atoms. The highest BCUT2D eigenvalue weighted by molar-refractivity contribution is 6.30. The van der Waals surface area contributed by atoms with Crippen LogP contribution in [0.3, 0.4) is 0 Å². The van der Waals surface area contributed by atoms with Gasteiger partial charge in [-0.3, -0.25) is 0 Å².